The average molecular weight is 425 g/mol. The zero-order valence-corrected chi connectivity index (χ0v) is 18.3. The van der Waals surface area contributed by atoms with E-state index in [-0.39, 0.29) is 0 Å². The van der Waals surface area contributed by atoms with Crippen LogP contribution in [0.2, 0.25) is 0 Å². The summed E-state index contributed by atoms with van der Waals surface area (Å²) in [6, 6.07) is 9.97. The highest BCUT2D eigenvalue weighted by atomic mass is 32.1. The fourth-order valence-electron chi connectivity index (χ4n) is 3.53. The molecule has 0 aliphatic carbocycles. The van der Waals surface area contributed by atoms with Gasteiger partial charge < -0.3 is 14.8 Å². The highest BCUT2D eigenvalue weighted by Crippen LogP contribution is 2.31. The maximum absolute atomic E-state index is 5.94. The molecule has 1 N–H and O–H groups in total. The van der Waals surface area contributed by atoms with E-state index in [0.29, 0.717) is 0 Å². The van der Waals surface area contributed by atoms with Crippen molar-refractivity contribution in [3.63, 3.8) is 0 Å². The Morgan fingerprint density at radius 1 is 1.17 bits per heavy atom. The zero-order valence-electron chi connectivity index (χ0n) is 17.5. The van der Waals surface area contributed by atoms with E-state index in [1.165, 1.54) is 25.9 Å². The highest BCUT2D eigenvalue weighted by molar-refractivity contribution is 7.14. The second-order valence-electron chi connectivity index (χ2n) is 7.64. The van der Waals surface area contributed by atoms with Crippen LogP contribution in [0.4, 0.5) is 10.8 Å². The fraction of sp³-hybridized carbons (Fsp3) is 0.391. The Morgan fingerprint density at radius 3 is 2.73 bits per heavy atom. The second-order valence-corrected chi connectivity index (χ2v) is 8.49. The first kappa shape index (κ1) is 20.6. The zero-order chi connectivity index (χ0) is 20.8. The molecule has 4 rings (SSSR count). The molecule has 1 saturated heterocycles. The maximum Gasteiger partial charge on any atom is 0.187 e. The number of ether oxygens (including phenoxy) is 2. The first-order valence-corrected chi connectivity index (χ1v) is 11.3. The van der Waals surface area contributed by atoms with Crippen molar-refractivity contribution in [1.82, 2.24) is 14.9 Å². The van der Waals surface area contributed by atoms with Gasteiger partial charge in [-0.3, -0.25) is 9.88 Å². The molecule has 158 valence electrons. The summed E-state index contributed by atoms with van der Waals surface area (Å²) in [7, 11) is 1.64. The number of pyridine rings is 1. The molecule has 1 aromatic carbocycles. The van der Waals surface area contributed by atoms with Crippen molar-refractivity contribution >= 4 is 22.2 Å². The molecule has 3 aromatic rings. The van der Waals surface area contributed by atoms with E-state index in [1.807, 2.05) is 23.6 Å². The Balaban J connectivity index is 1.31. The number of methoxy groups -OCH3 is 1. The minimum absolute atomic E-state index is 0.728. The number of nitrogens with one attached hydrogen (secondary N) is 1. The molecule has 3 heterocycles. The quantitative estimate of drug-likeness (QED) is 0.545. The van der Waals surface area contributed by atoms with E-state index < -0.39 is 0 Å². The predicted molar refractivity (Wildman–Crippen MR) is 122 cm³/mol. The van der Waals surface area contributed by atoms with Crippen LogP contribution in [0.5, 0.6) is 11.5 Å². The van der Waals surface area contributed by atoms with E-state index in [0.717, 1.165) is 52.6 Å². The van der Waals surface area contributed by atoms with E-state index >= 15 is 0 Å². The van der Waals surface area contributed by atoms with Crippen LogP contribution >= 0.6 is 11.3 Å². The van der Waals surface area contributed by atoms with Crippen molar-refractivity contribution in [3.8, 4) is 22.8 Å². The largest absolute Gasteiger partial charge is 0.494 e. The Kier molecular flexibility index (Phi) is 6.81. The van der Waals surface area contributed by atoms with Gasteiger partial charge in [0.25, 0.3) is 0 Å². The van der Waals surface area contributed by atoms with Gasteiger partial charge in [-0.2, -0.15) is 0 Å². The van der Waals surface area contributed by atoms with Crippen LogP contribution in [0.1, 0.15) is 19.8 Å². The number of anilines is 2. The van der Waals surface area contributed by atoms with Crippen LogP contribution in [-0.4, -0.2) is 48.2 Å². The first-order valence-electron chi connectivity index (χ1n) is 10.4. The minimum Gasteiger partial charge on any atom is -0.494 e. The first-order chi connectivity index (χ1) is 14.7. The van der Waals surface area contributed by atoms with Gasteiger partial charge in [0.2, 0.25) is 0 Å². The summed E-state index contributed by atoms with van der Waals surface area (Å²) in [5.74, 6) is 2.50. The highest BCUT2D eigenvalue weighted by Gasteiger charge is 2.15. The summed E-state index contributed by atoms with van der Waals surface area (Å²) in [5.41, 5.74) is 2.79. The number of nitrogens with zero attached hydrogens (tertiary/aromatic N) is 3. The summed E-state index contributed by atoms with van der Waals surface area (Å²) in [4.78, 5) is 11.3. The summed E-state index contributed by atoms with van der Waals surface area (Å²) in [6.45, 7) is 6.44. The lowest BCUT2D eigenvalue weighted by atomic mass is 9.99. The van der Waals surface area contributed by atoms with Crippen molar-refractivity contribution in [3.05, 3.63) is 48.1 Å². The topological polar surface area (TPSA) is 59.5 Å². The Morgan fingerprint density at radius 2 is 1.97 bits per heavy atom. The van der Waals surface area contributed by atoms with E-state index in [1.54, 1.807) is 30.8 Å². The number of rotatable bonds is 8. The van der Waals surface area contributed by atoms with Crippen LogP contribution in [0.15, 0.2) is 48.1 Å². The van der Waals surface area contributed by atoms with Crippen LogP contribution in [0, 0.1) is 5.92 Å². The average Bonchev–Trinajstić information content (AvgIpc) is 3.24. The van der Waals surface area contributed by atoms with Gasteiger partial charge in [-0.15, -0.1) is 11.3 Å². The van der Waals surface area contributed by atoms with Crippen molar-refractivity contribution in [2.24, 2.45) is 5.92 Å². The van der Waals surface area contributed by atoms with Crippen LogP contribution in [0.3, 0.4) is 0 Å². The van der Waals surface area contributed by atoms with Crippen molar-refractivity contribution in [1.29, 1.82) is 0 Å². The third kappa shape index (κ3) is 5.29. The van der Waals surface area contributed by atoms with Crippen LogP contribution in [-0.2, 0) is 0 Å². The second kappa shape index (κ2) is 9.91. The number of likely N-dealkylation sites (tertiary alicyclic amines) is 1. The molecule has 1 fully saturated rings. The number of hydrogen-bond donors (Lipinski definition) is 1. The minimum atomic E-state index is 0.728. The smallest absolute Gasteiger partial charge is 0.187 e. The number of benzene rings is 1. The molecule has 1 aliphatic heterocycles. The predicted octanol–water partition coefficient (Wildman–Crippen LogP) is 5.07. The summed E-state index contributed by atoms with van der Waals surface area (Å²) in [6.07, 6.45) is 6.03. The number of thiazole rings is 1. The molecule has 2 aromatic heterocycles. The third-order valence-corrected chi connectivity index (χ3v) is 6.21. The van der Waals surface area contributed by atoms with Gasteiger partial charge in [0.05, 0.1) is 19.0 Å². The van der Waals surface area contributed by atoms with Gasteiger partial charge in [0.1, 0.15) is 23.8 Å². The maximum atomic E-state index is 5.94. The van der Waals surface area contributed by atoms with Gasteiger partial charge in [-0.1, -0.05) is 6.92 Å². The molecular formula is C23H28N4O2S. The van der Waals surface area contributed by atoms with E-state index in [2.05, 4.69) is 39.2 Å². The van der Waals surface area contributed by atoms with Gasteiger partial charge in [0.15, 0.2) is 5.13 Å². The van der Waals surface area contributed by atoms with Gasteiger partial charge in [-0.05, 0) is 56.1 Å². The molecule has 6 nitrogen and oxygen atoms in total. The Labute approximate surface area is 181 Å². The Hall–Kier alpha value is -2.64. The molecule has 0 radical (unpaired) electrons. The molecule has 0 unspecified atom stereocenters. The SMILES string of the molecule is COc1ccncc1Nc1nc(-c2ccc(OCCN3CCC(C)CC3)cc2)cs1. The third-order valence-electron chi connectivity index (χ3n) is 5.45. The van der Waals surface area contributed by atoms with Gasteiger partial charge in [-0.25, -0.2) is 4.98 Å². The normalized spacial score (nSPS) is 15.1. The molecule has 1 aliphatic rings. The molecule has 0 spiro atoms. The fourth-order valence-corrected chi connectivity index (χ4v) is 4.26. The van der Waals surface area contributed by atoms with Gasteiger partial charge in [0, 0.05) is 29.8 Å². The number of piperidine rings is 1. The monoisotopic (exact) mass is 424 g/mol. The molecule has 30 heavy (non-hydrogen) atoms. The lowest BCUT2D eigenvalue weighted by Gasteiger charge is -2.29. The van der Waals surface area contributed by atoms with Crippen molar-refractivity contribution in [2.75, 3.05) is 38.7 Å². The summed E-state index contributed by atoms with van der Waals surface area (Å²) in [5, 5.41) is 6.12. The molecular weight excluding hydrogens is 396 g/mol. The van der Waals surface area contributed by atoms with E-state index in [9.17, 15) is 0 Å². The molecule has 0 amide bonds. The van der Waals surface area contributed by atoms with E-state index in [4.69, 9.17) is 9.47 Å². The lowest BCUT2D eigenvalue weighted by molar-refractivity contribution is 0.160. The van der Waals surface area contributed by atoms with Crippen LogP contribution < -0.4 is 14.8 Å². The van der Waals surface area contributed by atoms with Crippen molar-refractivity contribution < 1.29 is 9.47 Å². The van der Waals surface area contributed by atoms with Gasteiger partial charge >= 0.3 is 0 Å². The number of aromatic nitrogens is 2. The molecule has 0 saturated carbocycles. The summed E-state index contributed by atoms with van der Waals surface area (Å²) < 4.78 is 11.3. The number of hydrogen-bond acceptors (Lipinski definition) is 7. The summed E-state index contributed by atoms with van der Waals surface area (Å²) >= 11 is 1.55. The van der Waals surface area contributed by atoms with Crippen LogP contribution in [0.25, 0.3) is 11.3 Å². The molecule has 0 atom stereocenters. The standard InChI is InChI=1S/C23H28N4O2S/c1-17-8-11-27(12-9-17)13-14-29-19-5-3-18(4-6-19)21-16-30-23(26-21)25-20-15-24-10-7-22(20)28-2/h3-7,10,15-17H,8-9,11-14H2,1-2H3,(H,25,26). The molecule has 0 bridgehead atoms. The van der Waals surface area contributed by atoms with Crippen molar-refractivity contribution in [2.45, 2.75) is 19.8 Å². The molecule has 7 heteroatoms. The lowest BCUT2D eigenvalue weighted by Crippen LogP contribution is -2.35. The Bertz CT molecular complexity index is 936.